The van der Waals surface area contributed by atoms with Crippen LogP contribution in [-0.2, 0) is 9.59 Å². The van der Waals surface area contributed by atoms with Crippen molar-refractivity contribution in [1.82, 2.24) is 0 Å². The third-order valence-corrected chi connectivity index (χ3v) is 8.18. The molecule has 3 heteroatoms. The van der Waals surface area contributed by atoms with E-state index in [9.17, 15) is 14.7 Å². The highest BCUT2D eigenvalue weighted by Gasteiger charge is 2.59. The summed E-state index contributed by atoms with van der Waals surface area (Å²) in [5.74, 6) is 1.71. The second kappa shape index (κ2) is 5.64. The van der Waals surface area contributed by atoms with E-state index in [0.29, 0.717) is 24.2 Å². The van der Waals surface area contributed by atoms with Crippen molar-refractivity contribution in [2.45, 2.75) is 59.3 Å². The lowest BCUT2D eigenvalue weighted by atomic mass is 9.51. The fraction of sp³-hybridized carbons (Fsp3) is 0.727. The van der Waals surface area contributed by atoms with Crippen molar-refractivity contribution in [3.8, 4) is 0 Å². The molecule has 0 aromatic rings. The van der Waals surface area contributed by atoms with Gasteiger partial charge < -0.3 is 5.11 Å². The third-order valence-electron chi connectivity index (χ3n) is 8.18. The molecule has 0 radical (unpaired) electrons. The minimum Gasteiger partial charge on any atom is -0.389 e. The molecule has 0 spiro atoms. The molecule has 0 saturated heterocycles. The molecule has 2 saturated carbocycles. The SMILES string of the molecule is CC1CC2C3CCC4=CC(=O)CCC4(C)C3=CCC2(C)C1C(=O)CO. The van der Waals surface area contributed by atoms with Crippen LogP contribution in [0.25, 0.3) is 0 Å². The van der Waals surface area contributed by atoms with Gasteiger partial charge in [0.15, 0.2) is 11.6 Å². The van der Waals surface area contributed by atoms with Crippen molar-refractivity contribution < 1.29 is 14.7 Å². The summed E-state index contributed by atoms with van der Waals surface area (Å²) >= 11 is 0. The van der Waals surface area contributed by atoms with Gasteiger partial charge in [-0.1, -0.05) is 38.0 Å². The van der Waals surface area contributed by atoms with E-state index in [4.69, 9.17) is 0 Å². The number of hydrogen-bond donors (Lipinski definition) is 1. The molecule has 6 unspecified atom stereocenters. The fourth-order valence-corrected chi connectivity index (χ4v) is 7.01. The molecule has 2 fully saturated rings. The molecule has 4 rings (SSSR count). The van der Waals surface area contributed by atoms with Crippen LogP contribution < -0.4 is 0 Å². The molecule has 0 aromatic carbocycles. The normalized spacial score (nSPS) is 45.8. The van der Waals surface area contributed by atoms with Crippen LogP contribution in [0.1, 0.15) is 59.3 Å². The maximum Gasteiger partial charge on any atom is 0.162 e. The summed E-state index contributed by atoms with van der Waals surface area (Å²) in [6.07, 6.45) is 10.1. The van der Waals surface area contributed by atoms with E-state index in [0.717, 1.165) is 32.1 Å². The van der Waals surface area contributed by atoms with Crippen LogP contribution in [0.15, 0.2) is 23.3 Å². The van der Waals surface area contributed by atoms with Gasteiger partial charge in [-0.05, 0) is 61.3 Å². The number of Topliss-reactive ketones (excluding diaryl/α,β-unsaturated/α-hetero) is 1. The summed E-state index contributed by atoms with van der Waals surface area (Å²) in [7, 11) is 0. The smallest absolute Gasteiger partial charge is 0.162 e. The molecule has 25 heavy (non-hydrogen) atoms. The van der Waals surface area contributed by atoms with Gasteiger partial charge in [-0.2, -0.15) is 0 Å². The molecule has 136 valence electrons. The van der Waals surface area contributed by atoms with Crippen molar-refractivity contribution in [2.24, 2.45) is 34.5 Å². The molecule has 0 heterocycles. The lowest BCUT2D eigenvalue weighted by Crippen LogP contribution is -2.46. The quantitative estimate of drug-likeness (QED) is 0.775. The lowest BCUT2D eigenvalue weighted by Gasteiger charge is -2.53. The maximum atomic E-state index is 12.5. The first-order valence-electron chi connectivity index (χ1n) is 9.89. The summed E-state index contributed by atoms with van der Waals surface area (Å²) in [5.41, 5.74) is 2.92. The highest BCUT2D eigenvalue weighted by molar-refractivity contribution is 5.92. The first kappa shape index (κ1) is 17.2. The number of rotatable bonds is 2. The Balaban J connectivity index is 1.74. The Kier molecular flexibility index (Phi) is 3.88. The summed E-state index contributed by atoms with van der Waals surface area (Å²) in [5, 5.41) is 9.47. The zero-order chi connectivity index (χ0) is 18.0. The Hall–Kier alpha value is -1.22. The Morgan fingerprint density at radius 2 is 2.08 bits per heavy atom. The van der Waals surface area contributed by atoms with Gasteiger partial charge in [-0.15, -0.1) is 0 Å². The molecule has 6 atom stereocenters. The van der Waals surface area contributed by atoms with Gasteiger partial charge in [-0.25, -0.2) is 0 Å². The van der Waals surface area contributed by atoms with Crippen molar-refractivity contribution in [1.29, 1.82) is 0 Å². The average Bonchev–Trinajstić information content (AvgIpc) is 2.85. The van der Waals surface area contributed by atoms with Crippen LogP contribution >= 0.6 is 0 Å². The highest BCUT2D eigenvalue weighted by Crippen LogP contribution is 2.65. The van der Waals surface area contributed by atoms with Crippen LogP contribution in [0.3, 0.4) is 0 Å². The van der Waals surface area contributed by atoms with E-state index in [2.05, 4.69) is 26.8 Å². The summed E-state index contributed by atoms with van der Waals surface area (Å²) < 4.78 is 0. The molecular formula is C22H30O3. The van der Waals surface area contributed by atoms with E-state index in [1.807, 2.05) is 6.08 Å². The van der Waals surface area contributed by atoms with E-state index in [-0.39, 0.29) is 34.9 Å². The number of carbonyl (C=O) groups is 2. The van der Waals surface area contributed by atoms with Gasteiger partial charge in [0.2, 0.25) is 0 Å². The molecule has 0 amide bonds. The van der Waals surface area contributed by atoms with E-state index in [1.165, 1.54) is 5.57 Å². The van der Waals surface area contributed by atoms with Gasteiger partial charge in [-0.3, -0.25) is 9.59 Å². The maximum absolute atomic E-state index is 12.5. The van der Waals surface area contributed by atoms with Crippen molar-refractivity contribution in [3.63, 3.8) is 0 Å². The largest absolute Gasteiger partial charge is 0.389 e. The van der Waals surface area contributed by atoms with Crippen LogP contribution in [0.4, 0.5) is 0 Å². The number of carbonyl (C=O) groups excluding carboxylic acids is 2. The van der Waals surface area contributed by atoms with E-state index >= 15 is 0 Å². The molecule has 0 aliphatic heterocycles. The molecule has 1 N–H and O–H groups in total. The van der Waals surface area contributed by atoms with Gasteiger partial charge >= 0.3 is 0 Å². The van der Waals surface area contributed by atoms with E-state index in [1.54, 1.807) is 5.57 Å². The number of aliphatic hydroxyl groups is 1. The Morgan fingerprint density at radius 3 is 2.80 bits per heavy atom. The van der Waals surface area contributed by atoms with Crippen LogP contribution in [0.2, 0.25) is 0 Å². The number of allylic oxidation sites excluding steroid dienone is 4. The van der Waals surface area contributed by atoms with Crippen LogP contribution in [-0.4, -0.2) is 23.3 Å². The molecule has 0 bridgehead atoms. The predicted octanol–water partition coefficient (Wildman–Crippen LogP) is 3.86. The average molecular weight is 342 g/mol. The zero-order valence-electron chi connectivity index (χ0n) is 15.7. The number of hydrogen-bond acceptors (Lipinski definition) is 3. The molecule has 4 aliphatic carbocycles. The predicted molar refractivity (Wildman–Crippen MR) is 96.8 cm³/mol. The molecule has 4 aliphatic rings. The van der Waals surface area contributed by atoms with Crippen LogP contribution in [0, 0.1) is 34.5 Å². The molecule has 0 aromatic heterocycles. The summed E-state index contributed by atoms with van der Waals surface area (Å²) in [6.45, 7) is 6.48. The van der Waals surface area contributed by atoms with Gasteiger partial charge in [0, 0.05) is 17.8 Å². The van der Waals surface area contributed by atoms with Gasteiger partial charge in [0.25, 0.3) is 0 Å². The first-order valence-corrected chi connectivity index (χ1v) is 9.89. The molecular weight excluding hydrogens is 312 g/mol. The number of fused-ring (bicyclic) bond motifs is 5. The van der Waals surface area contributed by atoms with Gasteiger partial charge in [0.1, 0.15) is 6.61 Å². The number of ketones is 2. The van der Waals surface area contributed by atoms with Crippen molar-refractivity contribution in [2.75, 3.05) is 6.61 Å². The standard InChI is InChI=1S/C22H30O3/c1-13-10-18-16-5-4-14-11-15(24)6-8-21(14,2)17(16)7-9-22(18,3)20(13)19(25)12-23/h7,11,13,16,18,20,23H,4-6,8-10,12H2,1-3H3. The Labute approximate surface area is 150 Å². The second-order valence-electron chi connectivity index (χ2n) is 9.40. The minimum absolute atomic E-state index is 0.0158. The summed E-state index contributed by atoms with van der Waals surface area (Å²) in [4.78, 5) is 24.3. The van der Waals surface area contributed by atoms with Crippen molar-refractivity contribution in [3.05, 3.63) is 23.3 Å². The first-order chi connectivity index (χ1) is 11.8. The molecule has 3 nitrogen and oxygen atoms in total. The second-order valence-corrected chi connectivity index (χ2v) is 9.40. The van der Waals surface area contributed by atoms with Gasteiger partial charge in [0.05, 0.1) is 0 Å². The zero-order valence-corrected chi connectivity index (χ0v) is 15.7. The van der Waals surface area contributed by atoms with Crippen molar-refractivity contribution >= 4 is 11.6 Å². The monoisotopic (exact) mass is 342 g/mol. The Morgan fingerprint density at radius 1 is 1.32 bits per heavy atom. The lowest BCUT2D eigenvalue weighted by molar-refractivity contribution is -0.131. The highest BCUT2D eigenvalue weighted by atomic mass is 16.3. The van der Waals surface area contributed by atoms with Crippen LogP contribution in [0.5, 0.6) is 0 Å². The van der Waals surface area contributed by atoms with E-state index < -0.39 is 0 Å². The summed E-state index contributed by atoms with van der Waals surface area (Å²) in [6, 6.07) is 0. The minimum atomic E-state index is -0.328. The third kappa shape index (κ3) is 2.27. The number of aliphatic hydroxyl groups excluding tert-OH is 1. The fourth-order valence-electron chi connectivity index (χ4n) is 7.01. The Bertz CT molecular complexity index is 687. The topological polar surface area (TPSA) is 54.4 Å².